The van der Waals surface area contributed by atoms with Gasteiger partial charge in [0.2, 0.25) is 0 Å². The molecule has 3 heteroatoms. The SMILES string of the molecule is CCN(CC)CCNCCN1CCCCCC1. The van der Waals surface area contributed by atoms with E-state index in [4.69, 9.17) is 0 Å². The van der Waals surface area contributed by atoms with Gasteiger partial charge in [-0.2, -0.15) is 0 Å². The predicted molar refractivity (Wildman–Crippen MR) is 75.6 cm³/mol. The Morgan fingerprint density at radius 1 is 0.941 bits per heavy atom. The number of nitrogens with one attached hydrogen (secondary N) is 1. The first-order valence-corrected chi connectivity index (χ1v) is 7.52. The molecule has 0 saturated carbocycles. The second-order valence-electron chi connectivity index (χ2n) is 5.03. The topological polar surface area (TPSA) is 18.5 Å². The lowest BCUT2D eigenvalue weighted by molar-refractivity contribution is 0.273. The Kier molecular flexibility index (Phi) is 8.67. The largest absolute Gasteiger partial charge is 0.314 e. The third-order valence-electron chi connectivity index (χ3n) is 3.80. The van der Waals surface area contributed by atoms with Gasteiger partial charge in [0.05, 0.1) is 0 Å². The molecule has 0 bridgehead atoms. The Morgan fingerprint density at radius 3 is 2.18 bits per heavy atom. The maximum absolute atomic E-state index is 3.57. The average molecular weight is 241 g/mol. The van der Waals surface area contributed by atoms with E-state index in [9.17, 15) is 0 Å². The lowest BCUT2D eigenvalue weighted by Gasteiger charge is -2.21. The molecule has 0 amide bonds. The van der Waals surface area contributed by atoms with Gasteiger partial charge in [-0.15, -0.1) is 0 Å². The Labute approximate surface area is 108 Å². The first-order chi connectivity index (χ1) is 8.36. The Bertz CT molecular complexity index is 161. The van der Waals surface area contributed by atoms with Gasteiger partial charge < -0.3 is 15.1 Å². The van der Waals surface area contributed by atoms with Crippen LogP contribution in [0.1, 0.15) is 39.5 Å². The van der Waals surface area contributed by atoms with Crippen LogP contribution in [0.15, 0.2) is 0 Å². The quantitative estimate of drug-likeness (QED) is 0.654. The molecule has 1 N–H and O–H groups in total. The van der Waals surface area contributed by atoms with Crippen molar-refractivity contribution >= 4 is 0 Å². The normalized spacial score (nSPS) is 18.5. The summed E-state index contributed by atoms with van der Waals surface area (Å²) in [7, 11) is 0. The van der Waals surface area contributed by atoms with Crippen LogP contribution < -0.4 is 5.32 Å². The molecule has 1 fully saturated rings. The monoisotopic (exact) mass is 241 g/mol. The van der Waals surface area contributed by atoms with Crippen LogP contribution >= 0.6 is 0 Å². The van der Waals surface area contributed by atoms with E-state index in [1.807, 2.05) is 0 Å². The van der Waals surface area contributed by atoms with Crippen LogP contribution in [0, 0.1) is 0 Å². The number of hydrogen-bond acceptors (Lipinski definition) is 3. The zero-order chi connectivity index (χ0) is 12.3. The summed E-state index contributed by atoms with van der Waals surface area (Å²) in [5.41, 5.74) is 0. The molecule has 0 aromatic heterocycles. The molecule has 1 aliphatic rings. The van der Waals surface area contributed by atoms with E-state index in [0.717, 1.165) is 13.1 Å². The van der Waals surface area contributed by atoms with Gasteiger partial charge in [-0.1, -0.05) is 26.7 Å². The van der Waals surface area contributed by atoms with Gasteiger partial charge in [-0.05, 0) is 39.0 Å². The average Bonchev–Trinajstić information content (AvgIpc) is 2.62. The van der Waals surface area contributed by atoms with Gasteiger partial charge in [-0.25, -0.2) is 0 Å². The highest BCUT2D eigenvalue weighted by molar-refractivity contribution is 4.65. The van der Waals surface area contributed by atoms with E-state index in [0.29, 0.717) is 0 Å². The number of nitrogens with zero attached hydrogens (tertiary/aromatic N) is 2. The lowest BCUT2D eigenvalue weighted by atomic mass is 10.2. The van der Waals surface area contributed by atoms with Gasteiger partial charge in [0.25, 0.3) is 0 Å². The summed E-state index contributed by atoms with van der Waals surface area (Å²) in [6.45, 7) is 14.2. The van der Waals surface area contributed by atoms with Crippen LogP contribution in [-0.4, -0.2) is 62.2 Å². The van der Waals surface area contributed by atoms with Gasteiger partial charge in [0.1, 0.15) is 0 Å². The molecule has 17 heavy (non-hydrogen) atoms. The number of likely N-dealkylation sites (tertiary alicyclic amines) is 1. The Hall–Kier alpha value is -0.120. The van der Waals surface area contributed by atoms with Crippen molar-refractivity contribution in [2.45, 2.75) is 39.5 Å². The van der Waals surface area contributed by atoms with Gasteiger partial charge >= 0.3 is 0 Å². The molecule has 1 rings (SSSR count). The highest BCUT2D eigenvalue weighted by Crippen LogP contribution is 2.08. The number of likely N-dealkylation sites (N-methyl/N-ethyl adjacent to an activating group) is 1. The molecule has 1 heterocycles. The van der Waals surface area contributed by atoms with E-state index in [1.54, 1.807) is 0 Å². The van der Waals surface area contributed by atoms with Crippen LogP contribution in [-0.2, 0) is 0 Å². The highest BCUT2D eigenvalue weighted by atomic mass is 15.2. The second kappa shape index (κ2) is 9.86. The minimum Gasteiger partial charge on any atom is -0.314 e. The zero-order valence-corrected chi connectivity index (χ0v) is 11.9. The van der Waals surface area contributed by atoms with Crippen LogP contribution in [0.3, 0.4) is 0 Å². The summed E-state index contributed by atoms with van der Waals surface area (Å²) >= 11 is 0. The van der Waals surface area contributed by atoms with Crippen molar-refractivity contribution in [1.29, 1.82) is 0 Å². The number of hydrogen-bond donors (Lipinski definition) is 1. The molecule has 0 aromatic rings. The van der Waals surface area contributed by atoms with E-state index in [1.165, 1.54) is 65.0 Å². The van der Waals surface area contributed by atoms with Crippen molar-refractivity contribution in [3.8, 4) is 0 Å². The first kappa shape index (κ1) is 14.9. The molecular formula is C14H31N3. The summed E-state index contributed by atoms with van der Waals surface area (Å²) in [5.74, 6) is 0. The third kappa shape index (κ3) is 7.02. The maximum Gasteiger partial charge on any atom is 0.0107 e. The summed E-state index contributed by atoms with van der Waals surface area (Å²) in [4.78, 5) is 5.09. The number of rotatable bonds is 8. The van der Waals surface area contributed by atoms with Crippen LogP contribution in [0.2, 0.25) is 0 Å². The van der Waals surface area contributed by atoms with E-state index in [-0.39, 0.29) is 0 Å². The van der Waals surface area contributed by atoms with Gasteiger partial charge in [-0.3, -0.25) is 0 Å². The van der Waals surface area contributed by atoms with Crippen LogP contribution in [0.25, 0.3) is 0 Å². The Balaban J connectivity index is 1.95. The standard InChI is InChI=1S/C14H31N3/c1-3-16(4-2)13-9-15-10-14-17-11-7-5-6-8-12-17/h15H,3-14H2,1-2H3. The van der Waals surface area contributed by atoms with Crippen molar-refractivity contribution in [2.24, 2.45) is 0 Å². The van der Waals surface area contributed by atoms with Gasteiger partial charge in [0, 0.05) is 26.2 Å². The molecule has 0 unspecified atom stereocenters. The molecule has 102 valence electrons. The first-order valence-electron chi connectivity index (χ1n) is 7.52. The molecule has 0 atom stereocenters. The fraction of sp³-hybridized carbons (Fsp3) is 1.00. The summed E-state index contributed by atoms with van der Waals surface area (Å²) in [5, 5.41) is 3.57. The summed E-state index contributed by atoms with van der Waals surface area (Å²) < 4.78 is 0. The zero-order valence-electron chi connectivity index (χ0n) is 11.9. The molecule has 1 aliphatic heterocycles. The third-order valence-corrected chi connectivity index (χ3v) is 3.80. The van der Waals surface area contributed by atoms with Crippen molar-refractivity contribution in [3.05, 3.63) is 0 Å². The van der Waals surface area contributed by atoms with E-state index in [2.05, 4.69) is 29.0 Å². The summed E-state index contributed by atoms with van der Waals surface area (Å²) in [6, 6.07) is 0. The minimum absolute atomic E-state index is 1.13. The van der Waals surface area contributed by atoms with Crippen molar-refractivity contribution in [1.82, 2.24) is 15.1 Å². The Morgan fingerprint density at radius 2 is 1.59 bits per heavy atom. The van der Waals surface area contributed by atoms with E-state index >= 15 is 0 Å². The molecule has 1 saturated heterocycles. The van der Waals surface area contributed by atoms with Crippen molar-refractivity contribution < 1.29 is 0 Å². The van der Waals surface area contributed by atoms with Gasteiger partial charge in [0.15, 0.2) is 0 Å². The summed E-state index contributed by atoms with van der Waals surface area (Å²) in [6.07, 6.45) is 5.68. The predicted octanol–water partition coefficient (Wildman–Crippen LogP) is 1.79. The molecule has 0 radical (unpaired) electrons. The minimum atomic E-state index is 1.13. The van der Waals surface area contributed by atoms with Crippen LogP contribution in [0.5, 0.6) is 0 Å². The molecule has 3 nitrogen and oxygen atoms in total. The van der Waals surface area contributed by atoms with Crippen molar-refractivity contribution in [3.63, 3.8) is 0 Å². The smallest absolute Gasteiger partial charge is 0.0107 e. The van der Waals surface area contributed by atoms with E-state index < -0.39 is 0 Å². The fourth-order valence-corrected chi connectivity index (χ4v) is 2.50. The molecular weight excluding hydrogens is 210 g/mol. The highest BCUT2D eigenvalue weighted by Gasteiger charge is 2.07. The second-order valence-corrected chi connectivity index (χ2v) is 5.03. The van der Waals surface area contributed by atoms with Crippen LogP contribution in [0.4, 0.5) is 0 Å². The molecule has 0 aliphatic carbocycles. The van der Waals surface area contributed by atoms with Crippen molar-refractivity contribution in [2.75, 3.05) is 52.4 Å². The maximum atomic E-state index is 3.57. The molecule has 0 aromatic carbocycles. The fourth-order valence-electron chi connectivity index (χ4n) is 2.50. The molecule has 0 spiro atoms. The lowest BCUT2D eigenvalue weighted by Crippen LogP contribution is -2.37.